The molecule has 0 saturated heterocycles. The van der Waals surface area contributed by atoms with Crippen LogP contribution in [0.4, 0.5) is 10.5 Å². The first kappa shape index (κ1) is 21.6. The molecule has 1 rings (SSSR count). The third-order valence-corrected chi connectivity index (χ3v) is 3.53. The van der Waals surface area contributed by atoms with Gasteiger partial charge < -0.3 is 10.1 Å². The van der Waals surface area contributed by atoms with E-state index in [0.717, 1.165) is 11.1 Å². The average molecular weight is 363 g/mol. The van der Waals surface area contributed by atoms with E-state index in [4.69, 9.17) is 4.74 Å². The smallest absolute Gasteiger partial charge is 0.325 e. The fourth-order valence-electron chi connectivity index (χ4n) is 2.57. The van der Waals surface area contributed by atoms with Crippen LogP contribution in [0.25, 0.3) is 0 Å². The lowest BCUT2D eigenvalue weighted by atomic mass is 10.1. The summed E-state index contributed by atoms with van der Waals surface area (Å²) in [5.74, 6) is -0.598. The number of carbonyl (C=O) groups excluding carboxylic acids is 3. The van der Waals surface area contributed by atoms with Crippen molar-refractivity contribution in [3.63, 3.8) is 0 Å². The molecule has 0 saturated carbocycles. The molecule has 0 spiro atoms. The maximum Gasteiger partial charge on any atom is 0.325 e. The van der Waals surface area contributed by atoms with E-state index in [0.29, 0.717) is 18.8 Å². The first-order valence-electron chi connectivity index (χ1n) is 8.77. The Morgan fingerprint density at radius 1 is 1.15 bits per heavy atom. The van der Waals surface area contributed by atoms with Gasteiger partial charge in [0.1, 0.15) is 0 Å². The number of carbonyl (C=O) groups is 3. The summed E-state index contributed by atoms with van der Waals surface area (Å²) in [5, 5.41) is 4.96. The monoisotopic (exact) mass is 363 g/mol. The maximum atomic E-state index is 12.1. The number of urea groups is 1. The number of anilines is 1. The number of nitrogens with one attached hydrogen (secondary N) is 2. The summed E-state index contributed by atoms with van der Waals surface area (Å²) in [6.07, 6.45) is 0. The number of rotatable bonds is 8. The first-order chi connectivity index (χ1) is 12.2. The van der Waals surface area contributed by atoms with Crippen LogP contribution in [0.5, 0.6) is 0 Å². The molecule has 0 aliphatic heterocycles. The second-order valence-corrected chi connectivity index (χ2v) is 6.69. The zero-order valence-electron chi connectivity index (χ0n) is 16.2. The molecule has 0 aromatic heterocycles. The van der Waals surface area contributed by atoms with E-state index in [1.165, 1.54) is 0 Å². The van der Waals surface area contributed by atoms with Crippen LogP contribution >= 0.6 is 0 Å². The number of amides is 3. The van der Waals surface area contributed by atoms with Gasteiger partial charge in [0.15, 0.2) is 0 Å². The van der Waals surface area contributed by atoms with Crippen LogP contribution in [0.1, 0.15) is 31.9 Å². The van der Waals surface area contributed by atoms with E-state index in [2.05, 4.69) is 10.6 Å². The predicted octanol–water partition coefficient (Wildman–Crippen LogP) is 2.47. The van der Waals surface area contributed by atoms with Gasteiger partial charge in [0.05, 0.1) is 19.7 Å². The van der Waals surface area contributed by atoms with E-state index in [9.17, 15) is 14.4 Å². The molecule has 144 valence electrons. The molecule has 0 unspecified atom stereocenters. The third kappa shape index (κ3) is 8.11. The highest BCUT2D eigenvalue weighted by Crippen LogP contribution is 2.15. The van der Waals surface area contributed by atoms with Crippen LogP contribution in [-0.4, -0.2) is 49.0 Å². The van der Waals surface area contributed by atoms with Gasteiger partial charge in [0.2, 0.25) is 5.91 Å². The number of aryl methyl sites for hydroxylation is 2. The second-order valence-electron chi connectivity index (χ2n) is 6.69. The van der Waals surface area contributed by atoms with Gasteiger partial charge in [-0.05, 0) is 38.3 Å². The number of nitrogens with zero attached hydrogens (tertiary/aromatic N) is 1. The van der Waals surface area contributed by atoms with Crippen LogP contribution in [0.15, 0.2) is 18.2 Å². The Balaban J connectivity index is 2.59. The number of hydrogen-bond acceptors (Lipinski definition) is 5. The highest BCUT2D eigenvalue weighted by Gasteiger charge is 2.18. The van der Waals surface area contributed by atoms with Gasteiger partial charge in [-0.25, -0.2) is 4.79 Å². The van der Waals surface area contributed by atoms with Gasteiger partial charge >= 0.3 is 12.0 Å². The average Bonchev–Trinajstić information content (AvgIpc) is 2.49. The van der Waals surface area contributed by atoms with E-state index in [1.807, 2.05) is 39.8 Å². The van der Waals surface area contributed by atoms with Crippen molar-refractivity contribution in [2.75, 3.05) is 31.6 Å². The number of benzene rings is 1. The molecule has 0 heterocycles. The zero-order chi connectivity index (χ0) is 19.7. The van der Waals surface area contributed by atoms with E-state index < -0.39 is 11.9 Å². The van der Waals surface area contributed by atoms with Crippen molar-refractivity contribution in [1.29, 1.82) is 0 Å². The van der Waals surface area contributed by atoms with Gasteiger partial charge in [-0.3, -0.25) is 19.8 Å². The molecular weight excluding hydrogens is 334 g/mol. The molecule has 3 amide bonds. The number of ether oxygens (including phenoxy) is 1. The Bertz CT molecular complexity index is 644. The van der Waals surface area contributed by atoms with Gasteiger partial charge in [-0.15, -0.1) is 0 Å². The molecule has 0 radical (unpaired) electrons. The quantitative estimate of drug-likeness (QED) is 0.693. The normalized spacial score (nSPS) is 10.7. The molecular formula is C19H29N3O4. The highest BCUT2D eigenvalue weighted by molar-refractivity contribution is 6.02. The van der Waals surface area contributed by atoms with Crippen molar-refractivity contribution in [3.05, 3.63) is 29.3 Å². The molecule has 0 aliphatic rings. The van der Waals surface area contributed by atoms with Crippen LogP contribution in [0.2, 0.25) is 0 Å². The SMILES string of the molecule is CCOC(=O)CN(CC(=O)NC(=O)Nc1ccc(C)cc1C)CC(C)C. The summed E-state index contributed by atoms with van der Waals surface area (Å²) in [4.78, 5) is 37.5. The summed E-state index contributed by atoms with van der Waals surface area (Å²) >= 11 is 0. The lowest BCUT2D eigenvalue weighted by Crippen LogP contribution is -2.44. The largest absolute Gasteiger partial charge is 0.465 e. The molecule has 7 heteroatoms. The molecule has 26 heavy (non-hydrogen) atoms. The minimum Gasteiger partial charge on any atom is -0.465 e. The third-order valence-electron chi connectivity index (χ3n) is 3.53. The highest BCUT2D eigenvalue weighted by atomic mass is 16.5. The van der Waals surface area contributed by atoms with Crippen LogP contribution in [-0.2, 0) is 14.3 Å². The maximum absolute atomic E-state index is 12.1. The Labute approximate surface area is 155 Å². The molecule has 0 aliphatic carbocycles. The molecule has 0 bridgehead atoms. The summed E-state index contributed by atoms with van der Waals surface area (Å²) in [6, 6.07) is 5.03. The van der Waals surface area contributed by atoms with Crippen molar-refractivity contribution in [2.45, 2.75) is 34.6 Å². The Hall–Kier alpha value is -2.41. The lowest BCUT2D eigenvalue weighted by Gasteiger charge is -2.22. The summed E-state index contributed by atoms with van der Waals surface area (Å²) < 4.78 is 4.93. The van der Waals surface area contributed by atoms with Crippen molar-refractivity contribution in [2.24, 2.45) is 5.92 Å². The standard InChI is InChI=1S/C19H29N3O4/c1-6-26-18(24)12-22(10-13(2)3)11-17(23)21-19(25)20-16-8-7-14(4)9-15(16)5/h7-9,13H,6,10-12H2,1-5H3,(H2,20,21,23,25). The van der Waals surface area contributed by atoms with Crippen LogP contribution < -0.4 is 10.6 Å². The lowest BCUT2D eigenvalue weighted by molar-refractivity contribution is -0.144. The molecule has 7 nitrogen and oxygen atoms in total. The molecule has 1 aromatic rings. The van der Waals surface area contributed by atoms with E-state index in [1.54, 1.807) is 17.9 Å². The zero-order valence-corrected chi connectivity index (χ0v) is 16.2. The minimum absolute atomic E-state index is 0.0120. The van der Waals surface area contributed by atoms with Crippen LogP contribution in [0.3, 0.4) is 0 Å². The van der Waals surface area contributed by atoms with Crippen molar-refractivity contribution >= 4 is 23.6 Å². The molecule has 2 N–H and O–H groups in total. The van der Waals surface area contributed by atoms with Crippen molar-refractivity contribution in [1.82, 2.24) is 10.2 Å². The number of esters is 1. The van der Waals surface area contributed by atoms with Crippen LogP contribution in [0, 0.1) is 19.8 Å². The fraction of sp³-hybridized carbons (Fsp3) is 0.526. The van der Waals surface area contributed by atoms with Crippen molar-refractivity contribution in [3.8, 4) is 0 Å². The van der Waals surface area contributed by atoms with E-state index in [-0.39, 0.29) is 25.0 Å². The first-order valence-corrected chi connectivity index (χ1v) is 8.77. The predicted molar refractivity (Wildman–Crippen MR) is 101 cm³/mol. The van der Waals surface area contributed by atoms with Gasteiger partial charge in [-0.2, -0.15) is 0 Å². The topological polar surface area (TPSA) is 87.7 Å². The van der Waals surface area contributed by atoms with Gasteiger partial charge in [0, 0.05) is 12.2 Å². The Kier molecular flexibility index (Phi) is 8.78. The summed E-state index contributed by atoms with van der Waals surface area (Å²) in [5.41, 5.74) is 2.65. The van der Waals surface area contributed by atoms with Crippen molar-refractivity contribution < 1.29 is 19.1 Å². The second kappa shape index (κ2) is 10.6. The van der Waals surface area contributed by atoms with E-state index >= 15 is 0 Å². The molecule has 0 atom stereocenters. The van der Waals surface area contributed by atoms with Gasteiger partial charge in [0.25, 0.3) is 0 Å². The minimum atomic E-state index is -0.595. The van der Waals surface area contributed by atoms with Gasteiger partial charge in [-0.1, -0.05) is 31.5 Å². The molecule has 0 fully saturated rings. The summed E-state index contributed by atoms with van der Waals surface area (Å²) in [6.45, 7) is 10.3. The summed E-state index contributed by atoms with van der Waals surface area (Å²) in [7, 11) is 0. The number of hydrogen-bond donors (Lipinski definition) is 2. The Morgan fingerprint density at radius 2 is 1.85 bits per heavy atom. The number of imide groups is 1. The molecule has 1 aromatic carbocycles. The Morgan fingerprint density at radius 3 is 2.42 bits per heavy atom. The fourth-order valence-corrected chi connectivity index (χ4v) is 2.57.